The first-order chi connectivity index (χ1) is 14.3. The van der Waals surface area contributed by atoms with Crippen LogP contribution in [0.3, 0.4) is 0 Å². The molecule has 0 radical (unpaired) electrons. The monoisotopic (exact) mass is 424 g/mol. The number of nitrogens with zero attached hydrogens (tertiary/aromatic N) is 3. The smallest absolute Gasteiger partial charge is 0.243 e. The van der Waals surface area contributed by atoms with E-state index in [0.717, 1.165) is 19.3 Å². The molecule has 0 saturated carbocycles. The number of nitriles is 3. The van der Waals surface area contributed by atoms with Gasteiger partial charge in [0.15, 0.2) is 10.8 Å². The van der Waals surface area contributed by atoms with Crippen LogP contribution in [0.25, 0.3) is 0 Å². The van der Waals surface area contributed by atoms with E-state index in [1.54, 1.807) is 31.2 Å². The van der Waals surface area contributed by atoms with Crippen molar-refractivity contribution in [3.8, 4) is 18.2 Å². The fourth-order valence-electron chi connectivity index (χ4n) is 5.06. The first-order valence-corrected chi connectivity index (χ1v) is 10.7. The van der Waals surface area contributed by atoms with Crippen LogP contribution in [0, 0.1) is 62.1 Å². The van der Waals surface area contributed by atoms with Gasteiger partial charge in [-0.25, -0.2) is 0 Å². The molecule has 5 unspecified atom stereocenters. The quantitative estimate of drug-likeness (QED) is 0.665. The van der Waals surface area contributed by atoms with Crippen LogP contribution >= 0.6 is 11.6 Å². The average molecular weight is 425 g/mol. The summed E-state index contributed by atoms with van der Waals surface area (Å²) in [4.78, 5) is 0. The van der Waals surface area contributed by atoms with E-state index in [0.29, 0.717) is 17.0 Å². The minimum absolute atomic E-state index is 0.134. The van der Waals surface area contributed by atoms with Gasteiger partial charge in [-0.2, -0.15) is 15.8 Å². The van der Waals surface area contributed by atoms with E-state index in [2.05, 4.69) is 25.1 Å². The third-order valence-electron chi connectivity index (χ3n) is 6.84. The van der Waals surface area contributed by atoms with Crippen molar-refractivity contribution in [2.75, 3.05) is 0 Å². The number of halogens is 1. The molecule has 1 N–H and O–H groups in total. The van der Waals surface area contributed by atoms with Crippen LogP contribution in [0.1, 0.15) is 52.0 Å². The van der Waals surface area contributed by atoms with Crippen molar-refractivity contribution in [3.63, 3.8) is 0 Å². The zero-order valence-corrected chi connectivity index (χ0v) is 18.2. The second kappa shape index (κ2) is 7.92. The lowest BCUT2D eigenvalue weighted by Gasteiger charge is -2.50. The molecule has 1 aromatic rings. The maximum Gasteiger partial charge on any atom is 0.243 e. The van der Waals surface area contributed by atoms with Crippen LogP contribution in [0.4, 0.5) is 0 Å². The zero-order chi connectivity index (χ0) is 22.2. The number of hydrogen-bond acceptors (Lipinski definition) is 6. The largest absolute Gasteiger partial charge is 0.443 e. The molecule has 1 aromatic carbocycles. The number of benzene rings is 1. The Kier molecular flexibility index (Phi) is 5.83. The minimum atomic E-state index is -1.85. The van der Waals surface area contributed by atoms with Crippen molar-refractivity contribution in [1.82, 2.24) is 0 Å². The summed E-state index contributed by atoms with van der Waals surface area (Å²) < 4.78 is 12.5. The molecule has 5 atom stereocenters. The summed E-state index contributed by atoms with van der Waals surface area (Å²) in [7, 11) is 0. The van der Waals surface area contributed by atoms with Gasteiger partial charge in [0.1, 0.15) is 0 Å². The van der Waals surface area contributed by atoms with E-state index in [1.165, 1.54) is 0 Å². The maximum atomic E-state index is 10.3. The summed E-state index contributed by atoms with van der Waals surface area (Å²) in [5, 5.41) is 40.0. The topological polar surface area (TPSA) is 114 Å². The molecule has 3 rings (SSSR count). The van der Waals surface area contributed by atoms with Gasteiger partial charge in [0.2, 0.25) is 11.7 Å². The molecule has 156 valence electrons. The van der Waals surface area contributed by atoms with Gasteiger partial charge in [0.05, 0.1) is 30.2 Å². The second-order valence-corrected chi connectivity index (χ2v) is 8.56. The normalized spacial score (nSPS) is 32.4. The fourth-order valence-corrected chi connectivity index (χ4v) is 5.19. The van der Waals surface area contributed by atoms with Gasteiger partial charge in [0, 0.05) is 10.6 Å². The van der Waals surface area contributed by atoms with Gasteiger partial charge in [-0.05, 0) is 24.5 Å². The van der Waals surface area contributed by atoms with Crippen molar-refractivity contribution in [1.29, 1.82) is 21.2 Å². The summed E-state index contributed by atoms with van der Waals surface area (Å²) in [6.45, 7) is 5.78. The number of ether oxygens (including phenoxy) is 2. The summed E-state index contributed by atoms with van der Waals surface area (Å²) in [5.74, 6) is -2.70. The number of rotatable bonds is 6. The predicted molar refractivity (Wildman–Crippen MR) is 111 cm³/mol. The lowest BCUT2D eigenvalue weighted by atomic mass is 9.52. The van der Waals surface area contributed by atoms with Gasteiger partial charge < -0.3 is 9.47 Å². The summed E-state index contributed by atoms with van der Waals surface area (Å²) >= 11 is 6.06. The Hall–Kier alpha value is -2.59. The fraction of sp³-hybridized carbons (Fsp3) is 0.565. The summed E-state index contributed by atoms with van der Waals surface area (Å²) in [6.07, 6.45) is 2.42. The highest BCUT2D eigenvalue weighted by Gasteiger charge is 2.80. The van der Waals surface area contributed by atoms with Crippen LogP contribution < -0.4 is 0 Å². The molecule has 0 aliphatic carbocycles. The van der Waals surface area contributed by atoms with E-state index in [1.807, 2.05) is 6.92 Å². The predicted octanol–water partition coefficient (Wildman–Crippen LogP) is 5.30. The molecule has 2 aliphatic heterocycles. The average Bonchev–Trinajstić information content (AvgIpc) is 2.91. The van der Waals surface area contributed by atoms with Crippen LogP contribution in [-0.2, 0) is 15.3 Å². The Bertz CT molecular complexity index is 943. The van der Waals surface area contributed by atoms with Crippen molar-refractivity contribution >= 4 is 17.5 Å². The van der Waals surface area contributed by atoms with Crippen molar-refractivity contribution in [3.05, 3.63) is 34.9 Å². The second-order valence-electron chi connectivity index (χ2n) is 8.13. The molecule has 0 aromatic heterocycles. The Balaban J connectivity index is 2.28. The summed E-state index contributed by atoms with van der Waals surface area (Å²) in [6, 6.07) is 13.3. The Morgan fingerprint density at radius 2 is 1.77 bits per heavy atom. The lowest BCUT2D eigenvalue weighted by Crippen LogP contribution is -2.62. The van der Waals surface area contributed by atoms with Gasteiger partial charge in [-0.3, -0.25) is 5.41 Å². The highest BCUT2D eigenvalue weighted by Crippen LogP contribution is 2.66. The SMILES string of the molecule is CCCCC(CC)C1OC2(c3ccc(Cl)cc3)OC(=N)C(C#N)(C2C)C1(C#N)C#N. The van der Waals surface area contributed by atoms with E-state index < -0.39 is 28.6 Å². The molecule has 2 fully saturated rings. The third-order valence-corrected chi connectivity index (χ3v) is 7.09. The van der Waals surface area contributed by atoms with Crippen LogP contribution in [0.15, 0.2) is 24.3 Å². The number of nitrogens with one attached hydrogen (secondary N) is 1. The van der Waals surface area contributed by atoms with Gasteiger partial charge in [0.25, 0.3) is 0 Å². The van der Waals surface area contributed by atoms with Crippen LogP contribution in [-0.4, -0.2) is 12.0 Å². The minimum Gasteiger partial charge on any atom is -0.443 e. The van der Waals surface area contributed by atoms with Crippen LogP contribution in [0.2, 0.25) is 5.02 Å². The molecule has 2 bridgehead atoms. The molecular weight excluding hydrogens is 400 g/mol. The highest BCUT2D eigenvalue weighted by atomic mass is 35.5. The number of unbranched alkanes of at least 4 members (excludes halogenated alkanes) is 1. The van der Waals surface area contributed by atoms with Crippen LogP contribution in [0.5, 0.6) is 0 Å². The van der Waals surface area contributed by atoms with E-state index in [4.69, 9.17) is 26.5 Å². The Morgan fingerprint density at radius 1 is 1.13 bits per heavy atom. The maximum absolute atomic E-state index is 10.3. The summed E-state index contributed by atoms with van der Waals surface area (Å²) in [5.41, 5.74) is -2.97. The molecule has 0 amide bonds. The highest BCUT2D eigenvalue weighted by molar-refractivity contribution is 6.30. The van der Waals surface area contributed by atoms with E-state index in [9.17, 15) is 15.8 Å². The van der Waals surface area contributed by atoms with Crippen molar-refractivity contribution in [2.24, 2.45) is 22.7 Å². The third kappa shape index (κ3) is 2.66. The van der Waals surface area contributed by atoms with Gasteiger partial charge >= 0.3 is 0 Å². The number of fused-ring (bicyclic) bond motifs is 2. The molecule has 2 aliphatic rings. The molecule has 30 heavy (non-hydrogen) atoms. The standard InChI is InChI=1S/C23H25ClN4O2/c1-4-6-7-16(5-2)19-21(12-25,13-26)22(14-27)15(3)23(29-19,30-20(22)28)17-8-10-18(24)11-9-17/h8-11,15-16,19,28H,4-7H2,1-3H3. The van der Waals surface area contributed by atoms with Crippen molar-refractivity contribution < 1.29 is 9.47 Å². The first-order valence-electron chi connectivity index (χ1n) is 10.3. The molecular formula is C23H25ClN4O2. The Morgan fingerprint density at radius 3 is 2.27 bits per heavy atom. The molecule has 2 heterocycles. The van der Waals surface area contributed by atoms with Gasteiger partial charge in [-0.1, -0.05) is 63.8 Å². The molecule has 6 nitrogen and oxygen atoms in total. The number of hydrogen-bond donors (Lipinski definition) is 1. The molecule has 2 saturated heterocycles. The Labute approximate surface area is 182 Å². The zero-order valence-electron chi connectivity index (χ0n) is 17.4. The first kappa shape index (κ1) is 22.1. The van der Waals surface area contributed by atoms with E-state index >= 15 is 0 Å². The van der Waals surface area contributed by atoms with Crippen molar-refractivity contribution in [2.45, 2.75) is 58.3 Å². The van der Waals surface area contributed by atoms with E-state index in [-0.39, 0.29) is 11.8 Å². The lowest BCUT2D eigenvalue weighted by molar-refractivity contribution is -0.296. The molecule has 7 heteroatoms. The van der Waals surface area contributed by atoms with Gasteiger partial charge in [-0.15, -0.1) is 0 Å². The molecule has 0 spiro atoms.